The van der Waals surface area contributed by atoms with Crippen molar-refractivity contribution in [3.05, 3.63) is 87.0 Å². The van der Waals surface area contributed by atoms with E-state index < -0.39 is 137 Å². The highest BCUT2D eigenvalue weighted by molar-refractivity contribution is 9.09. The summed E-state index contributed by atoms with van der Waals surface area (Å²) >= 11 is 13.4. The van der Waals surface area contributed by atoms with E-state index in [4.69, 9.17) is 41.0 Å². The van der Waals surface area contributed by atoms with Crippen LogP contribution in [0.3, 0.4) is 0 Å². The molecule has 2 fully saturated rings. The van der Waals surface area contributed by atoms with Gasteiger partial charge in [-0.1, -0.05) is 94.1 Å². The Hall–Kier alpha value is -5.66. The van der Waals surface area contributed by atoms with Gasteiger partial charge >= 0.3 is 23.9 Å². The van der Waals surface area contributed by atoms with E-state index in [2.05, 4.69) is 42.5 Å². The number of aryl methyl sites for hydroxylation is 1. The number of urea groups is 1. The second-order valence-corrected chi connectivity index (χ2v) is 26.1. The summed E-state index contributed by atoms with van der Waals surface area (Å²) in [5, 5.41) is 18.3. The zero-order valence-electron chi connectivity index (χ0n) is 52.5. The number of carbonyl (C=O) groups excluding carboxylic acids is 9. The topological polar surface area (TPSA) is 280 Å². The molecule has 25 heteroatoms. The molecule has 3 aliphatic rings. The van der Waals surface area contributed by atoms with Gasteiger partial charge in [0.1, 0.15) is 53.0 Å². The van der Waals surface area contributed by atoms with Crippen LogP contribution in [-0.4, -0.2) is 155 Å². The Balaban J connectivity index is 1.33. The highest BCUT2D eigenvalue weighted by atomic mass is 79.9. The van der Waals surface area contributed by atoms with Crippen molar-refractivity contribution < 1.29 is 80.7 Å². The maximum Gasteiger partial charge on any atom is 0.328 e. The van der Waals surface area contributed by atoms with Crippen LogP contribution in [0.25, 0.3) is 0 Å². The van der Waals surface area contributed by atoms with E-state index in [0.717, 1.165) is 23.1 Å². The molecule has 1 unspecified atom stereocenters. The summed E-state index contributed by atoms with van der Waals surface area (Å²) in [6.45, 7) is 13.6. The van der Waals surface area contributed by atoms with Crippen LogP contribution in [0.2, 0.25) is 5.02 Å². The third kappa shape index (κ3) is 19.9. The first kappa shape index (κ1) is 74.1. The number of esters is 3. The van der Waals surface area contributed by atoms with Crippen molar-refractivity contribution in [2.45, 2.75) is 186 Å². The molecular formula is C64H86Br2ClF2N5O15. The van der Waals surface area contributed by atoms with Gasteiger partial charge in [0.25, 0.3) is 5.91 Å². The minimum atomic E-state index is -1.69. The standard InChI is InChI=1S/C64H86Br2ClF2N5O15/c1-34(2)44(27-43(75)18-13-12-17-37(5)86-61(82)42(32-65)33-66)58(79)72-48(19-15-21-71-62(70)83)50(76)26-41-25-47(69)45(28-46(41)68)59(80)73(9)39(7)60(81)88-53-29-54(77)74(10)49-24-40(23-36(4)56(49)67)22-35(3)16-14-20-52(85-11)64(84)30-51(87-55(78)31-64)38(6)57-63(53,8)89-57/h14,16,20,23-25,28,34,37-39,42,44,48,51-53,57,84H,12-13,15,17-19,21-22,26-27,29-33H2,1-11H3,(H,72,79)(H3,70,71,83)/b20-14+,35-16+/t37?,38-,39+,44+,48+,51+,52-,53+,57+,63+,64-/m1/s1. The van der Waals surface area contributed by atoms with E-state index in [1.54, 1.807) is 59.8 Å². The molecule has 5 N–H and O–H groups in total. The van der Waals surface area contributed by atoms with Crippen molar-refractivity contribution in [3.8, 4) is 0 Å². The van der Waals surface area contributed by atoms with Gasteiger partial charge in [0.2, 0.25) is 11.8 Å². The molecule has 0 spiro atoms. The fourth-order valence-corrected chi connectivity index (χ4v) is 13.1. The summed E-state index contributed by atoms with van der Waals surface area (Å²) in [6, 6.07) is 1.30. The lowest BCUT2D eigenvalue weighted by Gasteiger charge is -2.41. The van der Waals surface area contributed by atoms with Crippen LogP contribution in [-0.2, 0) is 70.1 Å². The van der Waals surface area contributed by atoms with Crippen molar-refractivity contribution in [1.29, 1.82) is 0 Å². The average Bonchev–Trinajstić information content (AvgIpc) is 1.60. The van der Waals surface area contributed by atoms with Gasteiger partial charge < -0.3 is 55.0 Å². The predicted octanol–water partition coefficient (Wildman–Crippen LogP) is 8.83. The third-order valence-electron chi connectivity index (χ3n) is 17.0. The molecule has 89 heavy (non-hydrogen) atoms. The van der Waals surface area contributed by atoms with E-state index in [0.29, 0.717) is 64.7 Å². The third-order valence-corrected chi connectivity index (χ3v) is 19.1. The van der Waals surface area contributed by atoms with Gasteiger partial charge in [-0.25, -0.2) is 18.4 Å². The Kier molecular flexibility index (Phi) is 27.5. The number of epoxide rings is 1. The number of methoxy groups -OCH3 is 1. The number of alkyl halides is 2. The number of primary amides is 1. The van der Waals surface area contributed by atoms with Crippen LogP contribution in [0.5, 0.6) is 0 Å². The number of nitrogens with two attached hydrogens (primary N) is 1. The smallest absolute Gasteiger partial charge is 0.328 e. The van der Waals surface area contributed by atoms with Gasteiger partial charge in [0.05, 0.1) is 53.3 Å². The molecule has 0 aliphatic carbocycles. The van der Waals surface area contributed by atoms with Crippen molar-refractivity contribution in [1.82, 2.24) is 15.5 Å². The molecule has 2 aromatic carbocycles. The molecule has 4 bridgehead atoms. The van der Waals surface area contributed by atoms with Crippen LogP contribution in [0.4, 0.5) is 19.3 Å². The van der Waals surface area contributed by atoms with Gasteiger partial charge in [0, 0.05) is 75.9 Å². The molecule has 11 atom stereocenters. The molecule has 492 valence electrons. The largest absolute Gasteiger partial charge is 0.462 e. The number of unbranched alkanes of at least 4 members (excludes halogenated alkanes) is 1. The summed E-state index contributed by atoms with van der Waals surface area (Å²) in [5.74, 6) is -9.99. The zero-order valence-corrected chi connectivity index (χ0v) is 56.5. The SMILES string of the molecule is CO[C@@H]1/C=C/C=C(\C)Cc2cc(C)c(Cl)c(c2)N(C)C(=O)C[C@H](OC(=O)[C@H](C)N(C)C(=O)c2cc(F)c(CC(=O)[C@H](CCCNC(N)=O)NC(=O)[C@@H](CC(=O)CCCCC(C)OC(=O)C(CBr)CBr)C(C)C)cc2F)[C@]2(C)O[C@H]2[C@H](C)[C@@H]2C[C@@]1(O)CC(=O)O2. The summed E-state index contributed by atoms with van der Waals surface area (Å²) in [5.41, 5.74) is 3.63. The number of ketones is 2. The zero-order chi connectivity index (χ0) is 66.4. The Morgan fingerprint density at radius 2 is 1.66 bits per heavy atom. The summed E-state index contributed by atoms with van der Waals surface area (Å²) in [7, 11) is 4.11. The molecule has 20 nitrogen and oxygen atoms in total. The van der Waals surface area contributed by atoms with Crippen LogP contribution in [0.15, 0.2) is 48.1 Å². The van der Waals surface area contributed by atoms with Gasteiger partial charge in [-0.3, -0.25) is 33.6 Å². The summed E-state index contributed by atoms with van der Waals surface area (Å²) in [4.78, 5) is 123. The lowest BCUT2D eigenvalue weighted by atomic mass is 9.78. The highest BCUT2D eigenvalue weighted by Crippen LogP contribution is 2.50. The Morgan fingerprint density at radius 1 is 0.978 bits per heavy atom. The maximum absolute atomic E-state index is 16.2. The number of nitrogens with zero attached hydrogens (tertiary/aromatic N) is 2. The first-order valence-corrected chi connectivity index (χ1v) is 32.6. The quantitative estimate of drug-likeness (QED) is 0.0225. The molecule has 5 rings (SSSR count). The molecule has 3 heterocycles. The van der Waals surface area contributed by atoms with Gasteiger partial charge in [-0.2, -0.15) is 0 Å². The lowest BCUT2D eigenvalue weighted by molar-refractivity contribution is -0.187. The maximum atomic E-state index is 16.2. The van der Waals surface area contributed by atoms with Gasteiger partial charge in [-0.15, -0.1) is 0 Å². The Labute approximate surface area is 541 Å². The first-order chi connectivity index (χ1) is 41.8. The number of allylic oxidation sites excluding steroid dienone is 3. The molecule has 0 radical (unpaired) electrons. The van der Waals surface area contributed by atoms with Crippen molar-refractivity contribution in [3.63, 3.8) is 0 Å². The predicted molar refractivity (Wildman–Crippen MR) is 336 cm³/mol. The number of aliphatic hydroxyl groups is 1. The number of rotatable bonds is 26. The van der Waals surface area contributed by atoms with E-state index in [-0.39, 0.29) is 74.8 Å². The normalized spacial score (nSPS) is 24.4. The van der Waals surface area contributed by atoms with Gasteiger partial charge in [-0.05, 0) is 114 Å². The van der Waals surface area contributed by atoms with Crippen molar-refractivity contribution in [2.24, 2.45) is 29.4 Å². The summed E-state index contributed by atoms with van der Waals surface area (Å²) in [6.07, 6.45) is 1.27. The number of hydrogen-bond acceptors (Lipinski definition) is 15. The number of ether oxygens (including phenoxy) is 5. The fraction of sp³-hybridized carbons (Fsp3) is 0.609. The number of Topliss-reactive ketones (excluding diaryl/α,β-unsaturated/α-hetero) is 2. The molecule has 0 aromatic heterocycles. The summed E-state index contributed by atoms with van der Waals surface area (Å²) < 4.78 is 61.9. The van der Waals surface area contributed by atoms with Gasteiger partial charge in [0.15, 0.2) is 5.78 Å². The highest BCUT2D eigenvalue weighted by Gasteiger charge is 2.64. The second-order valence-electron chi connectivity index (χ2n) is 24.4. The number of carbonyl (C=O) groups is 9. The van der Waals surface area contributed by atoms with Crippen LogP contribution in [0.1, 0.15) is 140 Å². The number of anilines is 1. The van der Waals surface area contributed by atoms with Crippen LogP contribution in [0, 0.1) is 42.2 Å². The minimum Gasteiger partial charge on any atom is -0.462 e. The number of halogens is 5. The van der Waals surface area contributed by atoms with E-state index in [1.807, 2.05) is 19.1 Å². The van der Waals surface area contributed by atoms with Crippen LogP contribution >= 0.6 is 43.5 Å². The molecule has 0 saturated carbocycles. The van der Waals surface area contributed by atoms with E-state index >= 15 is 8.78 Å². The average molecular weight is 1400 g/mol. The number of hydrogen-bond donors (Lipinski definition) is 4. The monoisotopic (exact) mass is 1400 g/mol. The fourth-order valence-electron chi connectivity index (χ4n) is 11.2. The molecule has 5 amide bonds. The second kappa shape index (κ2) is 33.1. The van der Waals surface area contributed by atoms with Crippen molar-refractivity contribution in [2.75, 3.05) is 43.3 Å². The molecule has 3 aliphatic heterocycles. The molecule has 2 aromatic rings. The number of fused-ring (bicyclic) bond motifs is 5. The minimum absolute atomic E-state index is 0.0101. The number of amides is 5. The molecule has 2 saturated heterocycles. The number of likely N-dealkylation sites (N-methyl/N-ethyl adjacent to an activating group) is 1. The van der Waals surface area contributed by atoms with Crippen molar-refractivity contribution >= 4 is 102 Å². The van der Waals surface area contributed by atoms with E-state index in [9.17, 15) is 48.3 Å². The first-order valence-electron chi connectivity index (χ1n) is 30.0. The van der Waals surface area contributed by atoms with E-state index in [1.165, 1.54) is 26.0 Å². The lowest BCUT2D eigenvalue weighted by Crippen LogP contribution is -2.53. The Morgan fingerprint density at radius 3 is 2.30 bits per heavy atom. The number of benzene rings is 2. The number of nitrogens with one attached hydrogen (secondary N) is 2. The molecular weight excluding hydrogens is 1310 g/mol. The van der Waals surface area contributed by atoms with Crippen LogP contribution < -0.4 is 21.3 Å². The Bertz CT molecular complexity index is 3000.